The Morgan fingerprint density at radius 2 is 2.25 bits per heavy atom. The standard InChI is InChI=1S/C13H16N4O3/c1-17-8-6-11(16-17)15-12(18)5-2-7-14-13(19)10-4-3-9-20-10/h3-4,6,8-9H,2,5,7H2,1H3,(H,14,19)(H,15,16,18). The summed E-state index contributed by atoms with van der Waals surface area (Å²) in [7, 11) is 1.78. The Balaban J connectivity index is 1.63. The fraction of sp³-hybridized carbons (Fsp3) is 0.308. The fourth-order valence-electron chi connectivity index (χ4n) is 1.63. The Morgan fingerprint density at radius 3 is 2.90 bits per heavy atom. The molecule has 2 aromatic heterocycles. The van der Waals surface area contributed by atoms with E-state index in [1.165, 1.54) is 6.26 Å². The zero-order chi connectivity index (χ0) is 14.4. The van der Waals surface area contributed by atoms with Gasteiger partial charge < -0.3 is 15.1 Å². The van der Waals surface area contributed by atoms with Crippen molar-refractivity contribution in [3.63, 3.8) is 0 Å². The first-order valence-electron chi connectivity index (χ1n) is 6.26. The van der Waals surface area contributed by atoms with Crippen molar-refractivity contribution in [2.75, 3.05) is 11.9 Å². The van der Waals surface area contributed by atoms with E-state index in [0.29, 0.717) is 25.2 Å². The van der Waals surface area contributed by atoms with E-state index < -0.39 is 0 Å². The van der Waals surface area contributed by atoms with Gasteiger partial charge in [0.1, 0.15) is 0 Å². The number of carbonyl (C=O) groups excluding carboxylic acids is 2. The van der Waals surface area contributed by atoms with Crippen molar-refractivity contribution < 1.29 is 14.0 Å². The molecule has 2 amide bonds. The molecule has 2 N–H and O–H groups in total. The van der Waals surface area contributed by atoms with Crippen LogP contribution >= 0.6 is 0 Å². The summed E-state index contributed by atoms with van der Waals surface area (Å²) in [5, 5.41) is 9.40. The Hall–Kier alpha value is -2.57. The van der Waals surface area contributed by atoms with Gasteiger partial charge in [-0.3, -0.25) is 14.3 Å². The quantitative estimate of drug-likeness (QED) is 0.775. The highest BCUT2D eigenvalue weighted by molar-refractivity contribution is 5.91. The highest BCUT2D eigenvalue weighted by Gasteiger charge is 2.08. The van der Waals surface area contributed by atoms with E-state index in [2.05, 4.69) is 15.7 Å². The summed E-state index contributed by atoms with van der Waals surface area (Å²) in [6, 6.07) is 4.95. The summed E-state index contributed by atoms with van der Waals surface area (Å²) in [4.78, 5) is 23.1. The van der Waals surface area contributed by atoms with Gasteiger partial charge in [0.25, 0.3) is 5.91 Å². The molecule has 0 aliphatic rings. The minimum atomic E-state index is -0.278. The zero-order valence-corrected chi connectivity index (χ0v) is 11.1. The first-order chi connectivity index (χ1) is 9.65. The molecule has 2 rings (SSSR count). The molecule has 2 heterocycles. The van der Waals surface area contributed by atoms with Crippen molar-refractivity contribution in [2.24, 2.45) is 7.05 Å². The minimum Gasteiger partial charge on any atom is -0.459 e. The maximum Gasteiger partial charge on any atom is 0.286 e. The number of aryl methyl sites for hydroxylation is 1. The van der Waals surface area contributed by atoms with Crippen LogP contribution in [0.15, 0.2) is 35.1 Å². The average molecular weight is 276 g/mol. The van der Waals surface area contributed by atoms with E-state index in [1.807, 2.05) is 0 Å². The number of aromatic nitrogens is 2. The first-order valence-corrected chi connectivity index (χ1v) is 6.26. The molecule has 2 aromatic rings. The number of hydrogen-bond donors (Lipinski definition) is 2. The fourth-order valence-corrected chi connectivity index (χ4v) is 1.63. The smallest absolute Gasteiger partial charge is 0.286 e. The SMILES string of the molecule is Cn1ccc(NC(=O)CCCNC(=O)c2ccco2)n1. The van der Waals surface area contributed by atoms with E-state index in [-0.39, 0.29) is 17.6 Å². The molecule has 0 aliphatic carbocycles. The molecule has 0 saturated carbocycles. The molecule has 0 bridgehead atoms. The average Bonchev–Trinajstić information content (AvgIpc) is 3.06. The molecule has 20 heavy (non-hydrogen) atoms. The number of furan rings is 1. The second-order valence-corrected chi connectivity index (χ2v) is 4.26. The van der Waals surface area contributed by atoms with Gasteiger partial charge >= 0.3 is 0 Å². The first kappa shape index (κ1) is 13.9. The van der Waals surface area contributed by atoms with Gasteiger partial charge in [0.2, 0.25) is 5.91 Å². The number of nitrogens with zero attached hydrogens (tertiary/aromatic N) is 2. The van der Waals surface area contributed by atoms with Crippen LogP contribution in [0.2, 0.25) is 0 Å². The van der Waals surface area contributed by atoms with Crippen molar-refractivity contribution in [1.82, 2.24) is 15.1 Å². The number of carbonyl (C=O) groups is 2. The van der Waals surface area contributed by atoms with Gasteiger partial charge in [0.15, 0.2) is 11.6 Å². The summed E-state index contributed by atoms with van der Waals surface area (Å²) in [5.74, 6) is 0.385. The number of rotatable bonds is 6. The van der Waals surface area contributed by atoms with Gasteiger partial charge in [-0.2, -0.15) is 5.10 Å². The second-order valence-electron chi connectivity index (χ2n) is 4.26. The third kappa shape index (κ3) is 3.98. The summed E-state index contributed by atoms with van der Waals surface area (Å²) >= 11 is 0. The van der Waals surface area contributed by atoms with E-state index in [4.69, 9.17) is 4.42 Å². The third-order valence-corrected chi connectivity index (χ3v) is 2.59. The minimum absolute atomic E-state index is 0.129. The summed E-state index contributed by atoms with van der Waals surface area (Å²) in [5.41, 5.74) is 0. The molecule has 0 atom stereocenters. The predicted molar refractivity (Wildman–Crippen MR) is 72.1 cm³/mol. The maximum absolute atomic E-state index is 11.6. The van der Waals surface area contributed by atoms with Gasteiger partial charge in [-0.15, -0.1) is 0 Å². The molecular weight excluding hydrogens is 260 g/mol. The van der Waals surface area contributed by atoms with E-state index in [1.54, 1.807) is 36.1 Å². The van der Waals surface area contributed by atoms with Crippen LogP contribution < -0.4 is 10.6 Å². The molecule has 7 heteroatoms. The van der Waals surface area contributed by atoms with Gasteiger partial charge in [0.05, 0.1) is 6.26 Å². The lowest BCUT2D eigenvalue weighted by atomic mass is 10.3. The van der Waals surface area contributed by atoms with Crippen molar-refractivity contribution in [2.45, 2.75) is 12.8 Å². The Labute approximate surface area is 116 Å². The Morgan fingerprint density at radius 1 is 1.40 bits per heavy atom. The molecule has 7 nitrogen and oxygen atoms in total. The number of anilines is 1. The van der Waals surface area contributed by atoms with Gasteiger partial charge in [-0.1, -0.05) is 0 Å². The lowest BCUT2D eigenvalue weighted by molar-refractivity contribution is -0.116. The monoisotopic (exact) mass is 276 g/mol. The van der Waals surface area contributed by atoms with Crippen LogP contribution in [0.3, 0.4) is 0 Å². The topological polar surface area (TPSA) is 89.2 Å². The van der Waals surface area contributed by atoms with Gasteiger partial charge in [-0.05, 0) is 18.6 Å². The van der Waals surface area contributed by atoms with E-state index in [9.17, 15) is 9.59 Å². The predicted octanol–water partition coefficient (Wildman–Crippen LogP) is 1.16. The van der Waals surface area contributed by atoms with Gasteiger partial charge in [-0.25, -0.2) is 0 Å². The van der Waals surface area contributed by atoms with Crippen LogP contribution in [-0.2, 0) is 11.8 Å². The number of nitrogens with one attached hydrogen (secondary N) is 2. The molecule has 0 spiro atoms. The third-order valence-electron chi connectivity index (χ3n) is 2.59. The highest BCUT2D eigenvalue weighted by Crippen LogP contribution is 2.03. The Bertz CT molecular complexity index is 574. The van der Waals surface area contributed by atoms with Crippen LogP contribution in [0.25, 0.3) is 0 Å². The Kier molecular flexibility index (Phi) is 4.54. The maximum atomic E-state index is 11.6. The van der Waals surface area contributed by atoms with Crippen LogP contribution in [0.1, 0.15) is 23.4 Å². The van der Waals surface area contributed by atoms with Crippen molar-refractivity contribution >= 4 is 17.6 Å². The molecular formula is C13H16N4O3. The molecule has 0 aliphatic heterocycles. The normalized spacial score (nSPS) is 10.2. The molecule has 0 radical (unpaired) electrons. The summed E-state index contributed by atoms with van der Waals surface area (Å²) in [6.45, 7) is 0.412. The molecule has 106 valence electrons. The van der Waals surface area contributed by atoms with Crippen molar-refractivity contribution in [1.29, 1.82) is 0 Å². The zero-order valence-electron chi connectivity index (χ0n) is 11.1. The van der Waals surface area contributed by atoms with Crippen LogP contribution in [0, 0.1) is 0 Å². The molecule has 0 aromatic carbocycles. The van der Waals surface area contributed by atoms with Crippen molar-refractivity contribution in [3.8, 4) is 0 Å². The van der Waals surface area contributed by atoms with Crippen molar-refractivity contribution in [3.05, 3.63) is 36.4 Å². The number of hydrogen-bond acceptors (Lipinski definition) is 4. The van der Waals surface area contributed by atoms with Crippen LogP contribution in [-0.4, -0.2) is 28.1 Å². The lowest BCUT2D eigenvalue weighted by Gasteiger charge is -2.03. The van der Waals surface area contributed by atoms with E-state index >= 15 is 0 Å². The molecule has 0 saturated heterocycles. The number of amides is 2. The molecule has 0 unspecified atom stereocenters. The van der Waals surface area contributed by atoms with Crippen LogP contribution in [0.4, 0.5) is 5.82 Å². The summed E-state index contributed by atoms with van der Waals surface area (Å²) in [6.07, 6.45) is 4.05. The van der Waals surface area contributed by atoms with E-state index in [0.717, 1.165) is 0 Å². The largest absolute Gasteiger partial charge is 0.459 e. The lowest BCUT2D eigenvalue weighted by Crippen LogP contribution is -2.25. The van der Waals surface area contributed by atoms with Gasteiger partial charge in [0, 0.05) is 32.3 Å². The summed E-state index contributed by atoms with van der Waals surface area (Å²) < 4.78 is 6.56. The highest BCUT2D eigenvalue weighted by atomic mass is 16.3. The molecule has 0 fully saturated rings. The second kappa shape index (κ2) is 6.55. The van der Waals surface area contributed by atoms with Crippen LogP contribution in [0.5, 0.6) is 0 Å².